The minimum atomic E-state index is -0.415. The van der Waals surface area contributed by atoms with Crippen LogP contribution in [-0.4, -0.2) is 19.0 Å². The number of amides is 1. The van der Waals surface area contributed by atoms with Crippen LogP contribution in [0, 0.1) is 6.92 Å². The zero-order valence-electron chi connectivity index (χ0n) is 14.4. The van der Waals surface area contributed by atoms with Crippen molar-refractivity contribution in [1.82, 2.24) is 0 Å². The first-order chi connectivity index (χ1) is 11.5. The highest BCUT2D eigenvalue weighted by Crippen LogP contribution is 2.18. The molecule has 0 saturated carbocycles. The average Bonchev–Trinajstić information content (AvgIpc) is 2.61. The largest absolute Gasteiger partial charge is 0.465 e. The molecule has 0 bridgehead atoms. The fraction of sp³-hybridized carbons (Fsp3) is 0.300. The number of nitrogens with one attached hydrogen (secondary N) is 1. The number of carbonyl (C=O) groups excluding carboxylic acids is 2. The van der Waals surface area contributed by atoms with Gasteiger partial charge in [-0.05, 0) is 48.6 Å². The minimum Gasteiger partial charge on any atom is -0.465 e. The molecule has 4 heteroatoms. The number of esters is 1. The number of hydrogen-bond acceptors (Lipinski definition) is 3. The van der Waals surface area contributed by atoms with E-state index in [0.717, 1.165) is 17.5 Å². The highest BCUT2D eigenvalue weighted by molar-refractivity contribution is 5.95. The summed E-state index contributed by atoms with van der Waals surface area (Å²) < 4.78 is 4.71. The summed E-state index contributed by atoms with van der Waals surface area (Å²) in [5.74, 6) is -0.485. The standard InChI is InChI=1S/C20H23NO3/c1-4-15-6-8-16(9-7-15)10-12-19(22)21-18-13-17(20(23)24-3)11-5-14(18)2/h5-9,11,13H,4,10,12H2,1-3H3,(H,21,22). The summed E-state index contributed by atoms with van der Waals surface area (Å²) in [5.41, 5.74) is 4.40. The van der Waals surface area contributed by atoms with Crippen LogP contribution in [-0.2, 0) is 22.4 Å². The van der Waals surface area contributed by atoms with E-state index < -0.39 is 5.97 Å². The number of ether oxygens (including phenoxy) is 1. The highest BCUT2D eigenvalue weighted by Gasteiger charge is 2.10. The fourth-order valence-corrected chi connectivity index (χ4v) is 2.41. The molecule has 0 aliphatic carbocycles. The van der Waals surface area contributed by atoms with Crippen LogP contribution in [0.5, 0.6) is 0 Å². The van der Waals surface area contributed by atoms with Crippen molar-refractivity contribution >= 4 is 17.6 Å². The Bertz CT molecular complexity index is 720. The SMILES string of the molecule is CCc1ccc(CCC(=O)Nc2cc(C(=O)OC)ccc2C)cc1. The third-order valence-corrected chi connectivity index (χ3v) is 4.00. The van der Waals surface area contributed by atoms with E-state index >= 15 is 0 Å². The Balaban J connectivity index is 1.97. The molecule has 1 N–H and O–H groups in total. The Morgan fingerprint density at radius 2 is 1.71 bits per heavy atom. The van der Waals surface area contributed by atoms with Crippen LogP contribution >= 0.6 is 0 Å². The molecule has 0 aromatic heterocycles. The number of aryl methyl sites for hydroxylation is 3. The van der Waals surface area contributed by atoms with Crippen LogP contribution in [0.2, 0.25) is 0 Å². The number of methoxy groups -OCH3 is 1. The van der Waals surface area contributed by atoms with Gasteiger partial charge in [0.2, 0.25) is 5.91 Å². The Kier molecular flexibility index (Phi) is 6.13. The molecule has 0 fully saturated rings. The van der Waals surface area contributed by atoms with E-state index in [9.17, 15) is 9.59 Å². The van der Waals surface area contributed by atoms with E-state index in [0.29, 0.717) is 24.1 Å². The first-order valence-electron chi connectivity index (χ1n) is 8.10. The van der Waals surface area contributed by atoms with Gasteiger partial charge >= 0.3 is 5.97 Å². The van der Waals surface area contributed by atoms with E-state index in [1.54, 1.807) is 18.2 Å². The molecule has 0 aliphatic heterocycles. The van der Waals surface area contributed by atoms with Crippen molar-refractivity contribution in [2.24, 2.45) is 0 Å². The summed E-state index contributed by atoms with van der Waals surface area (Å²) in [7, 11) is 1.34. The second kappa shape index (κ2) is 8.29. The third-order valence-electron chi connectivity index (χ3n) is 4.00. The Morgan fingerprint density at radius 3 is 2.33 bits per heavy atom. The van der Waals surface area contributed by atoms with Gasteiger partial charge in [-0.15, -0.1) is 0 Å². The van der Waals surface area contributed by atoms with Gasteiger partial charge in [-0.1, -0.05) is 37.3 Å². The van der Waals surface area contributed by atoms with Crippen molar-refractivity contribution < 1.29 is 14.3 Å². The lowest BCUT2D eigenvalue weighted by molar-refractivity contribution is -0.116. The maximum absolute atomic E-state index is 12.2. The molecular formula is C20H23NO3. The molecule has 0 unspecified atom stereocenters. The third kappa shape index (κ3) is 4.69. The first kappa shape index (κ1) is 17.7. The summed E-state index contributed by atoms with van der Waals surface area (Å²) in [5, 5.41) is 2.88. The molecule has 0 saturated heterocycles. The van der Waals surface area contributed by atoms with Crippen molar-refractivity contribution in [3.8, 4) is 0 Å². The smallest absolute Gasteiger partial charge is 0.337 e. The fourth-order valence-electron chi connectivity index (χ4n) is 2.41. The van der Waals surface area contributed by atoms with Gasteiger partial charge < -0.3 is 10.1 Å². The van der Waals surface area contributed by atoms with Crippen LogP contribution in [0.4, 0.5) is 5.69 Å². The second-order valence-electron chi connectivity index (χ2n) is 5.74. The van der Waals surface area contributed by atoms with Crippen molar-refractivity contribution in [1.29, 1.82) is 0 Å². The van der Waals surface area contributed by atoms with Gasteiger partial charge in [0.1, 0.15) is 0 Å². The molecule has 0 radical (unpaired) electrons. The van der Waals surface area contributed by atoms with Crippen molar-refractivity contribution in [3.05, 3.63) is 64.7 Å². The molecule has 0 aliphatic rings. The van der Waals surface area contributed by atoms with Crippen molar-refractivity contribution in [3.63, 3.8) is 0 Å². The van der Waals surface area contributed by atoms with E-state index in [1.165, 1.54) is 12.7 Å². The molecule has 0 spiro atoms. The maximum atomic E-state index is 12.2. The zero-order valence-corrected chi connectivity index (χ0v) is 14.4. The number of benzene rings is 2. The van der Waals surface area contributed by atoms with Gasteiger partial charge in [0, 0.05) is 12.1 Å². The van der Waals surface area contributed by atoms with Gasteiger partial charge in [-0.3, -0.25) is 4.79 Å². The van der Waals surface area contributed by atoms with Gasteiger partial charge in [0.25, 0.3) is 0 Å². The van der Waals surface area contributed by atoms with Crippen LogP contribution in [0.15, 0.2) is 42.5 Å². The first-order valence-corrected chi connectivity index (χ1v) is 8.10. The Hall–Kier alpha value is -2.62. The average molecular weight is 325 g/mol. The maximum Gasteiger partial charge on any atom is 0.337 e. The molecule has 4 nitrogen and oxygen atoms in total. The lowest BCUT2D eigenvalue weighted by atomic mass is 10.1. The molecule has 2 aromatic rings. The molecule has 0 heterocycles. The summed E-state index contributed by atoms with van der Waals surface area (Å²) in [6.45, 7) is 4.01. The summed E-state index contributed by atoms with van der Waals surface area (Å²) in [4.78, 5) is 23.8. The van der Waals surface area contributed by atoms with Gasteiger partial charge in [-0.2, -0.15) is 0 Å². The van der Waals surface area contributed by atoms with Crippen molar-refractivity contribution in [2.75, 3.05) is 12.4 Å². The van der Waals surface area contributed by atoms with Gasteiger partial charge in [-0.25, -0.2) is 4.79 Å². The number of rotatable bonds is 6. The van der Waals surface area contributed by atoms with Crippen molar-refractivity contribution in [2.45, 2.75) is 33.1 Å². The van der Waals surface area contributed by atoms with Crippen LogP contribution in [0.1, 0.15) is 40.4 Å². The zero-order chi connectivity index (χ0) is 17.5. The molecule has 1 amide bonds. The summed E-state index contributed by atoms with van der Waals surface area (Å²) in [6.07, 6.45) is 2.09. The topological polar surface area (TPSA) is 55.4 Å². The molecule has 24 heavy (non-hydrogen) atoms. The summed E-state index contributed by atoms with van der Waals surface area (Å²) >= 11 is 0. The predicted molar refractivity (Wildman–Crippen MR) is 95.3 cm³/mol. The molecular weight excluding hydrogens is 302 g/mol. The number of hydrogen-bond donors (Lipinski definition) is 1. The normalized spacial score (nSPS) is 10.3. The highest BCUT2D eigenvalue weighted by atomic mass is 16.5. The Morgan fingerprint density at radius 1 is 1.04 bits per heavy atom. The monoisotopic (exact) mass is 325 g/mol. The quantitative estimate of drug-likeness (QED) is 0.819. The van der Waals surface area contributed by atoms with E-state index in [1.807, 2.05) is 6.92 Å². The molecule has 0 atom stereocenters. The van der Waals surface area contributed by atoms with Crippen LogP contribution < -0.4 is 5.32 Å². The van der Waals surface area contributed by atoms with Crippen LogP contribution in [0.25, 0.3) is 0 Å². The second-order valence-corrected chi connectivity index (χ2v) is 5.74. The molecule has 126 valence electrons. The van der Waals surface area contributed by atoms with E-state index in [4.69, 9.17) is 4.74 Å². The van der Waals surface area contributed by atoms with E-state index in [2.05, 4.69) is 36.5 Å². The molecule has 2 aromatic carbocycles. The molecule has 2 rings (SSSR count). The van der Waals surface area contributed by atoms with Gasteiger partial charge in [0.05, 0.1) is 12.7 Å². The number of anilines is 1. The lowest BCUT2D eigenvalue weighted by Gasteiger charge is -2.10. The number of carbonyl (C=O) groups is 2. The van der Waals surface area contributed by atoms with E-state index in [-0.39, 0.29) is 5.91 Å². The van der Waals surface area contributed by atoms with Gasteiger partial charge in [0.15, 0.2) is 0 Å². The van der Waals surface area contributed by atoms with Crippen LogP contribution in [0.3, 0.4) is 0 Å². The minimum absolute atomic E-state index is 0.0697. The summed E-state index contributed by atoms with van der Waals surface area (Å²) in [6, 6.07) is 13.4. The Labute approximate surface area is 142 Å². The lowest BCUT2D eigenvalue weighted by Crippen LogP contribution is -2.14. The predicted octanol–water partition coefficient (Wildman–Crippen LogP) is 3.92.